The Hall–Kier alpha value is -2.86. The number of carbonyl (C=O) groups excluding carboxylic acids is 6. The Morgan fingerprint density at radius 1 is 0.733 bits per heavy atom. The summed E-state index contributed by atoms with van der Waals surface area (Å²) in [5, 5.41) is 8.30. The summed E-state index contributed by atoms with van der Waals surface area (Å²) in [7, 11) is 4.67. The van der Waals surface area contributed by atoms with Crippen molar-refractivity contribution in [2.45, 2.75) is 131 Å². The molecule has 0 aliphatic rings. The summed E-state index contributed by atoms with van der Waals surface area (Å²) in [4.78, 5) is 81.6. The Morgan fingerprint density at radius 2 is 1.22 bits per heavy atom. The van der Waals surface area contributed by atoms with Crippen LogP contribution < -0.4 is 21.7 Å². The van der Waals surface area contributed by atoms with Crippen LogP contribution in [0.2, 0.25) is 0 Å². The van der Waals surface area contributed by atoms with Crippen molar-refractivity contribution in [1.82, 2.24) is 25.8 Å². The Bertz CT molecular complexity index is 1020. The van der Waals surface area contributed by atoms with E-state index in [9.17, 15) is 28.8 Å². The maximum Gasteiger partial charge on any atom is 0.245 e. The number of carbonyl (C=O) groups is 6. The third-order valence-electron chi connectivity index (χ3n) is 8.39. The first-order valence-corrected chi connectivity index (χ1v) is 16.2. The monoisotopic (exact) mass is 638 g/mol. The van der Waals surface area contributed by atoms with Gasteiger partial charge in [0.05, 0.1) is 18.1 Å². The maximum atomic E-state index is 14.0. The minimum atomic E-state index is -1.46. The number of nitrogens with one attached hydrogen (secondary N) is 3. The van der Waals surface area contributed by atoms with Crippen LogP contribution in [0, 0.1) is 23.7 Å². The van der Waals surface area contributed by atoms with E-state index in [1.54, 1.807) is 20.9 Å². The highest BCUT2D eigenvalue weighted by Crippen LogP contribution is 2.29. The molecule has 0 radical (unpaired) electrons. The first-order chi connectivity index (χ1) is 20.7. The fourth-order valence-corrected chi connectivity index (χ4v) is 5.44. The van der Waals surface area contributed by atoms with Crippen molar-refractivity contribution in [1.29, 1.82) is 0 Å². The van der Waals surface area contributed by atoms with Crippen molar-refractivity contribution in [3.63, 3.8) is 0 Å². The number of hydrogen-bond donors (Lipinski definition) is 4. The summed E-state index contributed by atoms with van der Waals surface area (Å²) in [6.07, 6.45) is 1.68. The first-order valence-electron chi connectivity index (χ1n) is 16.2. The lowest BCUT2D eigenvalue weighted by Crippen LogP contribution is -2.61. The minimum absolute atomic E-state index is 0.0174. The molecule has 45 heavy (non-hydrogen) atoms. The van der Waals surface area contributed by atoms with Gasteiger partial charge in [-0.15, -0.1) is 0 Å². The number of Topliss-reactive ketones (excluding diaryl/α,β-unsaturated/α-hetero) is 1. The molecule has 0 aliphatic carbocycles. The zero-order valence-electron chi connectivity index (χ0n) is 30.0. The van der Waals surface area contributed by atoms with Crippen molar-refractivity contribution in [2.75, 3.05) is 21.1 Å². The smallest absolute Gasteiger partial charge is 0.245 e. The van der Waals surface area contributed by atoms with Crippen molar-refractivity contribution in [3.05, 3.63) is 0 Å². The lowest BCUT2D eigenvalue weighted by molar-refractivity contribution is -0.149. The largest absolute Gasteiger partial charge is 0.343 e. The van der Waals surface area contributed by atoms with Crippen LogP contribution in [0.4, 0.5) is 0 Å². The predicted molar refractivity (Wildman–Crippen MR) is 177 cm³/mol. The van der Waals surface area contributed by atoms with Crippen LogP contribution in [0.1, 0.15) is 94.9 Å². The summed E-state index contributed by atoms with van der Waals surface area (Å²) < 4.78 is 0. The number of likely N-dealkylation sites (N-methyl/N-ethyl adjacent to an activating group) is 3. The van der Waals surface area contributed by atoms with E-state index in [2.05, 4.69) is 16.0 Å². The van der Waals surface area contributed by atoms with Gasteiger partial charge in [-0.05, 0) is 63.8 Å². The molecule has 0 saturated carbocycles. The molecule has 0 aromatic heterocycles. The summed E-state index contributed by atoms with van der Waals surface area (Å²) in [6, 6.07) is -4.09. The van der Waals surface area contributed by atoms with Gasteiger partial charge in [0.2, 0.25) is 23.6 Å². The minimum Gasteiger partial charge on any atom is -0.343 e. The molecule has 12 heteroatoms. The topological polar surface area (TPSA) is 171 Å². The molecular weight excluding hydrogens is 576 g/mol. The molecule has 0 unspecified atom stereocenters. The maximum absolute atomic E-state index is 14.0. The third-order valence-corrected chi connectivity index (χ3v) is 8.39. The van der Waals surface area contributed by atoms with E-state index in [4.69, 9.17) is 5.73 Å². The number of nitrogens with zero attached hydrogens (tertiary/aromatic N) is 2. The lowest BCUT2D eigenvalue weighted by Gasteiger charge is -2.43. The van der Waals surface area contributed by atoms with Gasteiger partial charge in [0.1, 0.15) is 23.9 Å². The van der Waals surface area contributed by atoms with Crippen molar-refractivity contribution in [2.24, 2.45) is 29.4 Å². The Morgan fingerprint density at radius 3 is 1.64 bits per heavy atom. The Labute approximate surface area is 271 Å². The average Bonchev–Trinajstić information content (AvgIpc) is 2.94. The molecule has 5 N–H and O–H groups in total. The van der Waals surface area contributed by atoms with Crippen LogP contribution in [-0.4, -0.2) is 102 Å². The summed E-state index contributed by atoms with van der Waals surface area (Å²) >= 11 is 0. The van der Waals surface area contributed by atoms with Crippen molar-refractivity contribution < 1.29 is 28.8 Å². The molecule has 0 aromatic rings. The van der Waals surface area contributed by atoms with E-state index in [-0.39, 0.29) is 35.9 Å². The predicted octanol–water partition coefficient (Wildman–Crippen LogP) is 1.89. The van der Waals surface area contributed by atoms with Gasteiger partial charge in [-0.1, -0.05) is 55.4 Å². The molecule has 0 aliphatic heterocycles. The van der Waals surface area contributed by atoms with Crippen molar-refractivity contribution >= 4 is 35.7 Å². The fraction of sp³-hybridized carbons (Fsp3) is 0.818. The van der Waals surface area contributed by atoms with Crippen molar-refractivity contribution in [3.8, 4) is 0 Å². The SMILES string of the molecule is CN[C@@H](CC(C)C)C(=O)N[C@@H](C)C(=O)N[C@H](C)C(=O)N(C)[C@@H](CC(C)C)C(=O)C[C@@](C=O)(C(C)C)N(C)C(=O)[C@@H](N)CC(C)C. The molecule has 4 amide bonds. The van der Waals surface area contributed by atoms with Gasteiger partial charge in [-0.3, -0.25) is 24.0 Å². The number of hydrogen-bond acceptors (Lipinski definition) is 8. The van der Waals surface area contributed by atoms with Gasteiger partial charge < -0.3 is 36.3 Å². The lowest BCUT2D eigenvalue weighted by atomic mass is 9.79. The Kier molecular flexibility index (Phi) is 17.7. The molecule has 0 spiro atoms. The highest BCUT2D eigenvalue weighted by atomic mass is 16.2. The van der Waals surface area contributed by atoms with Crippen LogP contribution in [0.5, 0.6) is 0 Å². The molecule has 0 fully saturated rings. The van der Waals surface area contributed by atoms with Crippen LogP contribution in [0.25, 0.3) is 0 Å². The molecular formula is C33H62N6O6. The molecule has 0 bridgehead atoms. The van der Waals surface area contributed by atoms with Crippen LogP contribution in [0.15, 0.2) is 0 Å². The van der Waals surface area contributed by atoms with E-state index in [0.717, 1.165) is 0 Å². The second kappa shape index (κ2) is 19.0. The number of nitrogens with two attached hydrogens (primary N) is 1. The second-order valence-electron chi connectivity index (χ2n) is 14.1. The van der Waals surface area contributed by atoms with Crippen LogP contribution in [0.3, 0.4) is 0 Å². The van der Waals surface area contributed by atoms with Gasteiger partial charge >= 0.3 is 0 Å². The fourth-order valence-electron chi connectivity index (χ4n) is 5.44. The van der Waals surface area contributed by atoms with Crippen LogP contribution in [-0.2, 0) is 28.8 Å². The molecule has 6 atom stereocenters. The average molecular weight is 639 g/mol. The van der Waals surface area contributed by atoms with E-state index < -0.39 is 59.4 Å². The second-order valence-corrected chi connectivity index (χ2v) is 14.1. The van der Waals surface area contributed by atoms with Gasteiger partial charge in [0.15, 0.2) is 5.78 Å². The third kappa shape index (κ3) is 12.5. The van der Waals surface area contributed by atoms with Gasteiger partial charge in [-0.2, -0.15) is 0 Å². The van der Waals surface area contributed by atoms with E-state index >= 15 is 0 Å². The van der Waals surface area contributed by atoms with E-state index in [1.165, 1.54) is 37.7 Å². The van der Waals surface area contributed by atoms with E-state index in [1.807, 2.05) is 41.5 Å². The summed E-state index contributed by atoms with van der Waals surface area (Å²) in [5.41, 5.74) is 4.71. The van der Waals surface area contributed by atoms with E-state index in [0.29, 0.717) is 25.5 Å². The summed E-state index contributed by atoms with van der Waals surface area (Å²) in [5.74, 6) is -2.13. The Balaban J connectivity index is 5.95. The molecule has 260 valence electrons. The zero-order valence-corrected chi connectivity index (χ0v) is 30.0. The van der Waals surface area contributed by atoms with Gasteiger partial charge in [0, 0.05) is 20.5 Å². The standard InChI is InChI=1S/C33H62N6O6/c1-19(2)14-25(34)32(45)39(13)33(18-40,22(7)8)17-28(41)27(16-21(5)6)38(12)31(44)24(10)37-29(42)23(9)36-30(43)26(35-11)15-20(3)4/h18-27,35H,14-17,34H2,1-13H3,(H,36,43)(H,37,42)/t23-,24+,25-,26-,27-,33+/m0/s1. The molecule has 0 saturated heterocycles. The normalized spacial score (nSPS) is 16.4. The number of ketones is 1. The molecule has 0 rings (SSSR count). The molecule has 12 nitrogen and oxygen atoms in total. The summed E-state index contributed by atoms with van der Waals surface area (Å²) in [6.45, 7) is 18.3. The van der Waals surface area contributed by atoms with Gasteiger partial charge in [-0.25, -0.2) is 0 Å². The van der Waals surface area contributed by atoms with Crippen LogP contribution >= 0.6 is 0 Å². The number of aldehydes is 1. The quantitative estimate of drug-likeness (QED) is 0.147. The first kappa shape index (κ1) is 42.1. The number of rotatable bonds is 20. The zero-order chi connectivity index (χ0) is 35.4. The molecule has 0 aromatic carbocycles. The highest BCUT2D eigenvalue weighted by molar-refractivity contribution is 5.96. The van der Waals surface area contributed by atoms with Gasteiger partial charge in [0.25, 0.3) is 0 Å². The highest BCUT2D eigenvalue weighted by Gasteiger charge is 2.45. The molecule has 0 heterocycles. The number of amides is 4.